The van der Waals surface area contributed by atoms with Crippen molar-refractivity contribution in [2.24, 2.45) is 0 Å². The Morgan fingerprint density at radius 1 is 1.13 bits per heavy atom. The highest BCUT2D eigenvalue weighted by Gasteiger charge is 2.05. The molecule has 0 aliphatic carbocycles. The normalized spacial score (nSPS) is 11.7. The summed E-state index contributed by atoms with van der Waals surface area (Å²) in [5, 5.41) is 12.7. The second kappa shape index (κ2) is 9.64. The zero-order valence-electron chi connectivity index (χ0n) is 13.4. The Morgan fingerprint density at radius 2 is 1.83 bits per heavy atom. The van der Waals surface area contributed by atoms with Crippen molar-refractivity contribution < 1.29 is 9.67 Å². The van der Waals surface area contributed by atoms with E-state index in [0.717, 1.165) is 22.9 Å². The minimum atomic E-state index is 0.338. The number of aliphatic hydroxyl groups excluding tert-OH is 1. The fourth-order valence-electron chi connectivity index (χ4n) is 2.18. The van der Waals surface area contributed by atoms with Gasteiger partial charge in [0, 0.05) is 33.7 Å². The summed E-state index contributed by atoms with van der Waals surface area (Å²) in [6.45, 7) is 2.98. The van der Waals surface area contributed by atoms with Crippen LogP contribution in [0, 0.1) is 0 Å². The minimum absolute atomic E-state index is 0.338. The smallest absolute Gasteiger partial charge is 0.173 e. The topological polar surface area (TPSA) is 24.1 Å². The molecule has 0 saturated heterocycles. The molecule has 0 fully saturated rings. The molecule has 122 valence electrons. The Labute approximate surface area is 147 Å². The number of pyridine rings is 1. The molecule has 1 aromatic heterocycles. The average Bonchev–Trinajstić information content (AvgIpc) is 2.57. The number of thioether (sulfide) groups is 1. The number of aliphatic hydroxyl groups is 1. The highest BCUT2D eigenvalue weighted by molar-refractivity contribution is 8.02. The molecule has 0 aliphatic rings. The van der Waals surface area contributed by atoms with Crippen molar-refractivity contribution in [1.82, 2.24) is 0 Å². The fourth-order valence-corrected chi connectivity index (χ4v) is 3.08. The van der Waals surface area contributed by atoms with E-state index in [1.54, 1.807) is 11.8 Å². The van der Waals surface area contributed by atoms with Crippen LogP contribution in [0.15, 0.2) is 54.2 Å². The molecule has 0 radical (unpaired) electrons. The second-order valence-electron chi connectivity index (χ2n) is 5.47. The summed E-state index contributed by atoms with van der Waals surface area (Å²) >= 11 is 7.57. The van der Waals surface area contributed by atoms with Crippen LogP contribution < -0.4 is 4.57 Å². The molecule has 0 atom stereocenters. The Bertz CT molecular complexity index is 623. The molecule has 0 spiro atoms. The predicted octanol–water partition coefficient (Wildman–Crippen LogP) is 5.46. The van der Waals surface area contributed by atoms with Crippen LogP contribution in [0.2, 0.25) is 5.02 Å². The van der Waals surface area contributed by atoms with E-state index in [-0.39, 0.29) is 0 Å². The van der Waals surface area contributed by atoms with Crippen LogP contribution in [0.1, 0.15) is 37.3 Å². The molecule has 2 rings (SSSR count). The van der Waals surface area contributed by atoms with Gasteiger partial charge in [0.1, 0.15) is 5.76 Å². The summed E-state index contributed by atoms with van der Waals surface area (Å²) in [5.41, 5.74) is 2.04. The van der Waals surface area contributed by atoms with Crippen LogP contribution in [0.5, 0.6) is 0 Å². The molecule has 1 N–H and O–H groups in total. The number of unbranched alkanes of at least 4 members (excludes halogenated alkanes) is 2. The van der Waals surface area contributed by atoms with Crippen molar-refractivity contribution in [1.29, 1.82) is 0 Å². The number of halogens is 1. The molecule has 1 aromatic carbocycles. The standard InChI is InChI=1S/C19H22ClNOS/c1-2-3-4-13-23-15-19(22)17-9-11-21(12-10-17)14-16-5-7-18(20)8-6-16/h5-12,15H,2-4,13-14H2,1H3/p+1/b19-15-. The van der Waals surface area contributed by atoms with E-state index < -0.39 is 0 Å². The first-order valence-electron chi connectivity index (χ1n) is 7.93. The number of benzene rings is 1. The first-order valence-corrected chi connectivity index (χ1v) is 9.36. The molecular formula is C19H23ClNOS+. The third-order valence-corrected chi connectivity index (χ3v) is 4.69. The lowest BCUT2D eigenvalue weighted by atomic mass is 10.2. The number of hydrogen-bond donors (Lipinski definition) is 1. The summed E-state index contributed by atoms with van der Waals surface area (Å²) < 4.78 is 2.08. The van der Waals surface area contributed by atoms with E-state index in [0.29, 0.717) is 5.76 Å². The van der Waals surface area contributed by atoms with Gasteiger partial charge in [0.2, 0.25) is 0 Å². The minimum Gasteiger partial charge on any atom is -0.507 e. The zero-order valence-corrected chi connectivity index (χ0v) is 15.0. The van der Waals surface area contributed by atoms with E-state index in [9.17, 15) is 5.11 Å². The lowest BCUT2D eigenvalue weighted by Crippen LogP contribution is -2.33. The maximum Gasteiger partial charge on any atom is 0.173 e. The van der Waals surface area contributed by atoms with E-state index >= 15 is 0 Å². The molecule has 0 unspecified atom stereocenters. The van der Waals surface area contributed by atoms with E-state index in [2.05, 4.69) is 11.5 Å². The predicted molar refractivity (Wildman–Crippen MR) is 99.8 cm³/mol. The van der Waals surface area contributed by atoms with Gasteiger partial charge in [-0.1, -0.05) is 43.5 Å². The van der Waals surface area contributed by atoms with Gasteiger partial charge in [-0.3, -0.25) is 0 Å². The van der Waals surface area contributed by atoms with Gasteiger partial charge < -0.3 is 5.11 Å². The van der Waals surface area contributed by atoms with Gasteiger partial charge >= 0.3 is 0 Å². The Hall–Kier alpha value is -1.45. The Kier molecular flexibility index (Phi) is 7.50. The van der Waals surface area contributed by atoms with Gasteiger partial charge in [-0.25, -0.2) is 4.57 Å². The maximum atomic E-state index is 10.1. The van der Waals surface area contributed by atoms with Crippen molar-refractivity contribution in [2.45, 2.75) is 32.7 Å². The van der Waals surface area contributed by atoms with Crippen LogP contribution in [0.3, 0.4) is 0 Å². The van der Waals surface area contributed by atoms with Crippen molar-refractivity contribution in [3.8, 4) is 0 Å². The monoisotopic (exact) mass is 348 g/mol. The molecule has 4 heteroatoms. The molecule has 0 saturated carbocycles. The lowest BCUT2D eigenvalue weighted by molar-refractivity contribution is -0.688. The summed E-state index contributed by atoms with van der Waals surface area (Å²) in [5.74, 6) is 1.39. The summed E-state index contributed by atoms with van der Waals surface area (Å²) in [4.78, 5) is 0. The molecule has 2 aromatic rings. The largest absolute Gasteiger partial charge is 0.507 e. The van der Waals surface area contributed by atoms with Gasteiger partial charge in [-0.2, -0.15) is 0 Å². The van der Waals surface area contributed by atoms with Crippen LogP contribution in [-0.4, -0.2) is 10.9 Å². The van der Waals surface area contributed by atoms with Gasteiger partial charge in [0.15, 0.2) is 18.9 Å². The molecule has 1 heterocycles. The summed E-state index contributed by atoms with van der Waals surface area (Å²) in [6.07, 6.45) is 7.63. The molecule has 2 nitrogen and oxygen atoms in total. The van der Waals surface area contributed by atoms with Crippen LogP contribution in [0.25, 0.3) is 5.76 Å². The van der Waals surface area contributed by atoms with E-state index in [4.69, 9.17) is 11.6 Å². The third-order valence-electron chi connectivity index (χ3n) is 3.53. The maximum absolute atomic E-state index is 10.1. The Balaban J connectivity index is 1.90. The van der Waals surface area contributed by atoms with Gasteiger partial charge in [-0.15, -0.1) is 11.8 Å². The van der Waals surface area contributed by atoms with Crippen LogP contribution >= 0.6 is 23.4 Å². The summed E-state index contributed by atoms with van der Waals surface area (Å²) in [7, 11) is 0. The van der Waals surface area contributed by atoms with Crippen LogP contribution in [-0.2, 0) is 6.54 Å². The molecule has 23 heavy (non-hydrogen) atoms. The van der Waals surface area contributed by atoms with E-state index in [1.165, 1.54) is 24.8 Å². The number of aromatic nitrogens is 1. The van der Waals surface area contributed by atoms with Crippen molar-refractivity contribution in [2.75, 3.05) is 5.75 Å². The van der Waals surface area contributed by atoms with Crippen LogP contribution in [0.4, 0.5) is 0 Å². The quantitative estimate of drug-likeness (QED) is 0.389. The number of nitrogens with zero attached hydrogens (tertiary/aromatic N) is 1. The Morgan fingerprint density at radius 3 is 2.48 bits per heavy atom. The highest BCUT2D eigenvalue weighted by Crippen LogP contribution is 2.16. The molecule has 0 bridgehead atoms. The van der Waals surface area contributed by atoms with Gasteiger partial charge in [0.05, 0.1) is 0 Å². The van der Waals surface area contributed by atoms with Crippen molar-refractivity contribution in [3.05, 3.63) is 70.3 Å². The number of rotatable bonds is 8. The first-order chi connectivity index (χ1) is 11.2. The van der Waals surface area contributed by atoms with Crippen molar-refractivity contribution >= 4 is 29.1 Å². The van der Waals surface area contributed by atoms with E-state index in [1.807, 2.05) is 54.2 Å². The van der Waals surface area contributed by atoms with Gasteiger partial charge in [-0.05, 0) is 24.3 Å². The SMILES string of the molecule is CCCCCS/C=C(\O)c1cc[n+](Cc2ccc(Cl)cc2)cc1. The first kappa shape index (κ1) is 17.9. The van der Waals surface area contributed by atoms with Gasteiger partial charge in [0.25, 0.3) is 0 Å². The summed E-state index contributed by atoms with van der Waals surface area (Å²) in [6, 6.07) is 11.7. The average molecular weight is 349 g/mol. The molecule has 0 amide bonds. The third kappa shape index (κ3) is 6.28. The second-order valence-corrected chi connectivity index (χ2v) is 6.88. The number of hydrogen-bond acceptors (Lipinski definition) is 2. The van der Waals surface area contributed by atoms with Crippen molar-refractivity contribution in [3.63, 3.8) is 0 Å². The zero-order chi connectivity index (χ0) is 16.5. The lowest BCUT2D eigenvalue weighted by Gasteiger charge is -2.02. The molecular weight excluding hydrogens is 326 g/mol. The highest BCUT2D eigenvalue weighted by atomic mass is 35.5. The molecule has 0 aliphatic heterocycles. The fraction of sp³-hybridized carbons (Fsp3) is 0.316.